The molecule has 1 aromatic rings. The van der Waals surface area contributed by atoms with E-state index >= 15 is 0 Å². The number of hydrogen-bond acceptors (Lipinski definition) is 3. The van der Waals surface area contributed by atoms with Crippen LogP contribution in [-0.2, 0) is 4.79 Å². The zero-order valence-electron chi connectivity index (χ0n) is 11.9. The zero-order chi connectivity index (χ0) is 14.6. The average molecular weight is 263 g/mol. The van der Waals surface area contributed by atoms with E-state index in [2.05, 4.69) is 5.32 Å². The lowest BCUT2D eigenvalue weighted by Gasteiger charge is -2.12. The van der Waals surface area contributed by atoms with Crippen LogP contribution in [0.3, 0.4) is 0 Å². The van der Waals surface area contributed by atoms with E-state index < -0.39 is 0 Å². The number of rotatable bonds is 4. The monoisotopic (exact) mass is 263 g/mol. The molecule has 0 aliphatic rings. The van der Waals surface area contributed by atoms with Crippen LogP contribution in [0.5, 0.6) is 0 Å². The van der Waals surface area contributed by atoms with E-state index in [4.69, 9.17) is 5.73 Å². The molecule has 0 fully saturated rings. The summed E-state index contributed by atoms with van der Waals surface area (Å²) in [7, 11) is 3.38. The largest absolute Gasteiger partial charge is 0.398 e. The predicted octanol–water partition coefficient (Wildman–Crippen LogP) is 1.09. The van der Waals surface area contributed by atoms with Gasteiger partial charge in [-0.25, -0.2) is 0 Å². The zero-order valence-corrected chi connectivity index (χ0v) is 11.9. The van der Waals surface area contributed by atoms with Crippen molar-refractivity contribution in [3.63, 3.8) is 0 Å². The molecule has 0 atom stereocenters. The first-order chi connectivity index (χ1) is 8.82. The fourth-order valence-electron chi connectivity index (χ4n) is 1.72. The van der Waals surface area contributed by atoms with Gasteiger partial charge in [0.05, 0.1) is 0 Å². The number of nitrogens with one attached hydrogen (secondary N) is 1. The van der Waals surface area contributed by atoms with E-state index in [0.29, 0.717) is 24.2 Å². The van der Waals surface area contributed by atoms with E-state index in [1.807, 2.05) is 19.9 Å². The Hall–Kier alpha value is -2.04. The molecule has 2 amide bonds. The standard InChI is InChI=1S/C14H21N3O2/c1-9-7-10(2)12(15)8-11(9)14(19)16-6-5-13(18)17(3)4/h7-8H,5-6,15H2,1-4H3,(H,16,19). The highest BCUT2D eigenvalue weighted by Crippen LogP contribution is 2.17. The van der Waals surface area contributed by atoms with Crippen molar-refractivity contribution in [2.45, 2.75) is 20.3 Å². The topological polar surface area (TPSA) is 75.4 Å². The average Bonchev–Trinajstić information content (AvgIpc) is 2.33. The number of carbonyl (C=O) groups excluding carboxylic acids is 2. The van der Waals surface area contributed by atoms with E-state index in [0.717, 1.165) is 11.1 Å². The number of anilines is 1. The summed E-state index contributed by atoms with van der Waals surface area (Å²) in [6, 6.07) is 3.56. The van der Waals surface area contributed by atoms with E-state index in [1.165, 1.54) is 4.90 Å². The molecular formula is C14H21N3O2. The van der Waals surface area contributed by atoms with E-state index in [1.54, 1.807) is 20.2 Å². The SMILES string of the molecule is Cc1cc(C)c(C(=O)NCCC(=O)N(C)C)cc1N. The minimum atomic E-state index is -0.198. The van der Waals surface area contributed by atoms with Crippen LogP contribution in [0.1, 0.15) is 27.9 Å². The molecule has 0 spiro atoms. The van der Waals surface area contributed by atoms with Crippen molar-refractivity contribution in [2.75, 3.05) is 26.4 Å². The molecule has 1 aromatic carbocycles. The second kappa shape index (κ2) is 6.22. The van der Waals surface area contributed by atoms with E-state index in [-0.39, 0.29) is 11.8 Å². The predicted molar refractivity (Wildman–Crippen MR) is 76.0 cm³/mol. The number of aryl methyl sites for hydroxylation is 2. The first kappa shape index (κ1) is 15.0. The van der Waals surface area contributed by atoms with Crippen LogP contribution >= 0.6 is 0 Å². The molecule has 5 nitrogen and oxygen atoms in total. The van der Waals surface area contributed by atoms with Crippen molar-refractivity contribution in [3.05, 3.63) is 28.8 Å². The lowest BCUT2D eigenvalue weighted by molar-refractivity contribution is -0.128. The van der Waals surface area contributed by atoms with Gasteiger partial charge >= 0.3 is 0 Å². The third-order valence-corrected chi connectivity index (χ3v) is 2.98. The van der Waals surface area contributed by atoms with Crippen LogP contribution < -0.4 is 11.1 Å². The van der Waals surface area contributed by atoms with Gasteiger partial charge in [-0.2, -0.15) is 0 Å². The van der Waals surface area contributed by atoms with Crippen LogP contribution in [0.4, 0.5) is 5.69 Å². The molecule has 0 saturated carbocycles. The van der Waals surface area contributed by atoms with Crippen molar-refractivity contribution >= 4 is 17.5 Å². The summed E-state index contributed by atoms with van der Waals surface area (Å²) in [5, 5.41) is 2.73. The normalized spacial score (nSPS) is 10.1. The maximum atomic E-state index is 12.0. The number of amides is 2. The smallest absolute Gasteiger partial charge is 0.251 e. The molecule has 0 heterocycles. The second-order valence-electron chi connectivity index (χ2n) is 4.82. The maximum absolute atomic E-state index is 12.0. The lowest BCUT2D eigenvalue weighted by atomic mass is 10.0. The molecule has 5 heteroatoms. The maximum Gasteiger partial charge on any atom is 0.251 e. The van der Waals surface area contributed by atoms with Crippen LogP contribution in [0, 0.1) is 13.8 Å². The number of nitrogen functional groups attached to an aromatic ring is 1. The highest BCUT2D eigenvalue weighted by Gasteiger charge is 2.11. The summed E-state index contributed by atoms with van der Waals surface area (Å²) >= 11 is 0. The van der Waals surface area contributed by atoms with Crippen LogP contribution in [0.25, 0.3) is 0 Å². The lowest BCUT2D eigenvalue weighted by Crippen LogP contribution is -2.30. The molecule has 19 heavy (non-hydrogen) atoms. The van der Waals surface area contributed by atoms with Crippen LogP contribution in [-0.4, -0.2) is 37.4 Å². The number of hydrogen-bond donors (Lipinski definition) is 2. The number of nitrogens with two attached hydrogens (primary N) is 1. The van der Waals surface area contributed by atoms with Gasteiger partial charge in [-0.3, -0.25) is 9.59 Å². The van der Waals surface area contributed by atoms with Gasteiger partial charge in [0.25, 0.3) is 5.91 Å². The summed E-state index contributed by atoms with van der Waals surface area (Å²) in [4.78, 5) is 24.9. The Bertz CT molecular complexity index is 496. The van der Waals surface area contributed by atoms with Crippen molar-refractivity contribution in [1.29, 1.82) is 0 Å². The molecule has 0 aromatic heterocycles. The molecule has 1 rings (SSSR count). The van der Waals surface area contributed by atoms with Gasteiger partial charge < -0.3 is 16.0 Å². The Morgan fingerprint density at radius 1 is 1.21 bits per heavy atom. The molecule has 104 valence electrons. The van der Waals surface area contributed by atoms with Gasteiger partial charge in [0.2, 0.25) is 5.91 Å². The van der Waals surface area contributed by atoms with Crippen molar-refractivity contribution < 1.29 is 9.59 Å². The summed E-state index contributed by atoms with van der Waals surface area (Å²) < 4.78 is 0. The third-order valence-electron chi connectivity index (χ3n) is 2.98. The second-order valence-corrected chi connectivity index (χ2v) is 4.82. The summed E-state index contributed by atoms with van der Waals surface area (Å²) in [5.74, 6) is -0.212. The number of nitrogens with zero attached hydrogens (tertiary/aromatic N) is 1. The van der Waals surface area contributed by atoms with Crippen molar-refractivity contribution in [2.24, 2.45) is 0 Å². The van der Waals surface area contributed by atoms with Crippen LogP contribution in [0.2, 0.25) is 0 Å². The number of benzene rings is 1. The Labute approximate surface area is 113 Å². The van der Waals surface area contributed by atoms with Gasteiger partial charge in [-0.1, -0.05) is 6.07 Å². The third kappa shape index (κ3) is 3.98. The van der Waals surface area contributed by atoms with Gasteiger partial charge in [-0.15, -0.1) is 0 Å². The molecule has 3 N–H and O–H groups in total. The summed E-state index contributed by atoms with van der Waals surface area (Å²) in [6.45, 7) is 4.09. The fourth-order valence-corrected chi connectivity index (χ4v) is 1.72. The summed E-state index contributed by atoms with van der Waals surface area (Å²) in [5.41, 5.74) is 8.79. The quantitative estimate of drug-likeness (QED) is 0.799. The minimum Gasteiger partial charge on any atom is -0.398 e. The Balaban J connectivity index is 2.64. The Morgan fingerprint density at radius 2 is 1.84 bits per heavy atom. The highest BCUT2D eigenvalue weighted by atomic mass is 16.2. The summed E-state index contributed by atoms with van der Waals surface area (Å²) in [6.07, 6.45) is 0.291. The van der Waals surface area contributed by atoms with E-state index in [9.17, 15) is 9.59 Å². The van der Waals surface area contributed by atoms with Crippen LogP contribution in [0.15, 0.2) is 12.1 Å². The van der Waals surface area contributed by atoms with Gasteiger partial charge in [-0.05, 0) is 31.0 Å². The molecule has 0 saturated heterocycles. The number of carbonyl (C=O) groups is 2. The fraction of sp³-hybridized carbons (Fsp3) is 0.429. The molecular weight excluding hydrogens is 242 g/mol. The molecule has 0 unspecified atom stereocenters. The molecule has 0 aliphatic heterocycles. The van der Waals surface area contributed by atoms with Crippen molar-refractivity contribution in [3.8, 4) is 0 Å². The Morgan fingerprint density at radius 3 is 2.42 bits per heavy atom. The molecule has 0 radical (unpaired) electrons. The Kier molecular flexibility index (Phi) is 4.92. The minimum absolute atomic E-state index is 0.0135. The van der Waals surface area contributed by atoms with Gasteiger partial charge in [0.15, 0.2) is 0 Å². The highest BCUT2D eigenvalue weighted by molar-refractivity contribution is 5.96. The molecule has 0 aliphatic carbocycles. The van der Waals surface area contributed by atoms with Gasteiger partial charge in [0, 0.05) is 38.3 Å². The van der Waals surface area contributed by atoms with Crippen molar-refractivity contribution in [1.82, 2.24) is 10.2 Å². The first-order valence-electron chi connectivity index (χ1n) is 6.18. The molecule has 0 bridgehead atoms. The van der Waals surface area contributed by atoms with Gasteiger partial charge in [0.1, 0.15) is 0 Å². The first-order valence-corrected chi connectivity index (χ1v) is 6.18.